The summed E-state index contributed by atoms with van der Waals surface area (Å²) in [5, 5.41) is 24.9. The normalized spacial score (nSPS) is 17.5. The second kappa shape index (κ2) is 18.2. The Morgan fingerprint density at radius 3 is 2.62 bits per heavy atom. The number of ether oxygens (including phenoxy) is 2. The van der Waals surface area contributed by atoms with Gasteiger partial charge in [0.05, 0.1) is 43.2 Å². The number of anilines is 2. The Labute approximate surface area is 343 Å². The van der Waals surface area contributed by atoms with E-state index in [9.17, 15) is 32.7 Å². The molecule has 5 aromatic rings. The molecule has 7 rings (SSSR count). The van der Waals surface area contributed by atoms with Gasteiger partial charge >= 0.3 is 12.2 Å². The number of rotatable bonds is 14. The highest BCUT2D eigenvalue weighted by Crippen LogP contribution is 2.36. The number of amides is 4. The molecule has 316 valence electrons. The van der Waals surface area contributed by atoms with Crippen LogP contribution in [0, 0.1) is 17.8 Å². The third kappa shape index (κ3) is 10.3. The van der Waals surface area contributed by atoms with Crippen molar-refractivity contribution in [2.45, 2.75) is 63.8 Å². The van der Waals surface area contributed by atoms with Gasteiger partial charge in [0, 0.05) is 54.1 Å². The van der Waals surface area contributed by atoms with E-state index in [2.05, 4.69) is 37.8 Å². The van der Waals surface area contributed by atoms with E-state index in [1.807, 2.05) is 23.0 Å². The molecule has 4 N–H and O–H groups in total. The van der Waals surface area contributed by atoms with Crippen LogP contribution in [0.15, 0.2) is 61.1 Å². The van der Waals surface area contributed by atoms with Crippen LogP contribution in [0.5, 0.6) is 0 Å². The van der Waals surface area contributed by atoms with Gasteiger partial charge in [-0.15, -0.1) is 0 Å². The lowest BCUT2D eigenvalue weighted by Gasteiger charge is -2.28. The number of pyridine rings is 2. The van der Waals surface area contributed by atoms with Crippen LogP contribution < -0.4 is 20.9 Å². The number of imide groups is 1. The highest BCUT2D eigenvalue weighted by Gasteiger charge is 2.33. The number of imidazole rings is 1. The summed E-state index contributed by atoms with van der Waals surface area (Å²) in [4.78, 5) is 46.1. The number of aliphatic hydroxyl groups is 1. The molecular formula is C42H46F3N9O6. The number of hydrogen-bond donors (Lipinski definition) is 4. The van der Waals surface area contributed by atoms with E-state index >= 15 is 0 Å². The number of aromatic nitrogens is 5. The number of alkyl halides is 3. The van der Waals surface area contributed by atoms with Gasteiger partial charge in [-0.05, 0) is 88.4 Å². The Kier molecular flexibility index (Phi) is 12.8. The van der Waals surface area contributed by atoms with E-state index in [4.69, 9.17) is 14.6 Å². The Bertz CT molecular complexity index is 2420. The van der Waals surface area contributed by atoms with Gasteiger partial charge in [0.25, 0.3) is 5.91 Å². The first-order valence-electron chi connectivity index (χ1n) is 19.8. The molecule has 0 spiro atoms. The molecule has 2 fully saturated rings. The van der Waals surface area contributed by atoms with E-state index in [-0.39, 0.29) is 30.7 Å². The second-order valence-corrected chi connectivity index (χ2v) is 15.3. The molecule has 1 saturated carbocycles. The van der Waals surface area contributed by atoms with Crippen LogP contribution in [-0.2, 0) is 26.0 Å². The predicted octanol–water partition coefficient (Wildman–Crippen LogP) is 5.43. The molecule has 1 saturated heterocycles. The second-order valence-electron chi connectivity index (χ2n) is 15.3. The minimum Gasteiger partial charge on any atom is -0.386 e. The van der Waals surface area contributed by atoms with Crippen LogP contribution in [0.3, 0.4) is 0 Å². The van der Waals surface area contributed by atoms with E-state index < -0.39 is 35.1 Å². The SMILES string of the molecule is CC(C)(O)c1cc2nn([C@H]3CC[C@H](CNCCOCCOCC#Cc4ccn5c(N6CCC(=O)NC6=O)cnc5c4)CC3)cc2cc1NC(=O)c1cccc(C(F)(F)F)n1. The van der Waals surface area contributed by atoms with Crippen molar-refractivity contribution in [2.24, 2.45) is 5.92 Å². The Balaban J connectivity index is 0.798. The number of nitrogens with zero attached hydrogens (tertiary/aromatic N) is 6. The summed E-state index contributed by atoms with van der Waals surface area (Å²) in [7, 11) is 0. The van der Waals surface area contributed by atoms with Crippen molar-refractivity contribution in [3.05, 3.63) is 83.6 Å². The smallest absolute Gasteiger partial charge is 0.386 e. The molecule has 15 nitrogen and oxygen atoms in total. The highest BCUT2D eigenvalue weighted by atomic mass is 19.4. The number of urea groups is 1. The summed E-state index contributed by atoms with van der Waals surface area (Å²) < 4.78 is 54.6. The van der Waals surface area contributed by atoms with Gasteiger partial charge in [0.15, 0.2) is 0 Å². The van der Waals surface area contributed by atoms with Gasteiger partial charge < -0.3 is 25.2 Å². The van der Waals surface area contributed by atoms with Crippen LogP contribution in [0.4, 0.5) is 29.5 Å². The Morgan fingerprint density at radius 1 is 1.05 bits per heavy atom. The maximum absolute atomic E-state index is 13.2. The molecule has 5 heterocycles. The van der Waals surface area contributed by atoms with Crippen LogP contribution in [0.1, 0.15) is 79.3 Å². The topological polar surface area (TPSA) is 177 Å². The minimum atomic E-state index is -4.69. The molecule has 4 aromatic heterocycles. The number of carbonyl (C=O) groups excluding carboxylic acids is 3. The lowest BCUT2D eigenvalue weighted by atomic mass is 9.86. The van der Waals surface area contributed by atoms with Crippen LogP contribution in [0.25, 0.3) is 16.6 Å². The molecule has 1 aromatic carbocycles. The first-order valence-corrected chi connectivity index (χ1v) is 19.8. The fraction of sp³-hybridized carbons (Fsp3) is 0.429. The monoisotopic (exact) mass is 829 g/mol. The zero-order valence-corrected chi connectivity index (χ0v) is 33.2. The van der Waals surface area contributed by atoms with Gasteiger partial charge in [0.1, 0.15) is 29.5 Å². The Morgan fingerprint density at radius 2 is 1.85 bits per heavy atom. The summed E-state index contributed by atoms with van der Waals surface area (Å²) in [5.41, 5.74) is -0.268. The van der Waals surface area contributed by atoms with E-state index in [0.717, 1.165) is 61.9 Å². The molecule has 2 aliphatic rings. The van der Waals surface area contributed by atoms with Crippen molar-refractivity contribution in [3.8, 4) is 11.8 Å². The van der Waals surface area contributed by atoms with Gasteiger partial charge in [-0.2, -0.15) is 18.3 Å². The maximum atomic E-state index is 13.2. The third-order valence-corrected chi connectivity index (χ3v) is 10.5. The molecule has 60 heavy (non-hydrogen) atoms. The molecular weight excluding hydrogens is 784 g/mol. The number of nitrogens with one attached hydrogen (secondary N) is 3. The lowest BCUT2D eigenvalue weighted by molar-refractivity contribution is -0.141. The zero-order chi connectivity index (χ0) is 42.4. The van der Waals surface area contributed by atoms with Crippen molar-refractivity contribution in [3.63, 3.8) is 0 Å². The highest BCUT2D eigenvalue weighted by molar-refractivity contribution is 6.05. The van der Waals surface area contributed by atoms with Crippen molar-refractivity contribution >= 4 is 45.9 Å². The fourth-order valence-corrected chi connectivity index (χ4v) is 7.37. The molecule has 0 unspecified atom stereocenters. The van der Waals surface area contributed by atoms with Gasteiger partial charge in [-0.3, -0.25) is 28.9 Å². The molecule has 4 amide bonds. The summed E-state index contributed by atoms with van der Waals surface area (Å²) >= 11 is 0. The number of fused-ring (bicyclic) bond motifs is 2. The first kappa shape index (κ1) is 42.3. The van der Waals surface area contributed by atoms with Crippen molar-refractivity contribution in [2.75, 3.05) is 56.3 Å². The standard InChI is InChI=1S/C42H46F3N9O6/c1-41(2,58)31-23-33-29(22-34(31)49-39(56)32-6-3-7-35(48-32)42(43,44)45)26-54(51-33)30-10-8-28(9-11-30)24-46-14-18-60-20-19-59-17-4-5-27-12-15-52-36(21-27)47-25-38(52)53-16-13-37(55)50-40(53)57/h3,6-7,12,15,21-23,25-26,28,30,46,58H,8-11,13-14,16-20,24H2,1-2H3,(H,49,56)(H,50,55,57)/t28-,30-. The molecule has 0 radical (unpaired) electrons. The molecule has 1 aliphatic heterocycles. The summed E-state index contributed by atoms with van der Waals surface area (Å²) in [5.74, 6) is 6.04. The van der Waals surface area contributed by atoms with Crippen molar-refractivity contribution in [1.29, 1.82) is 0 Å². The van der Waals surface area contributed by atoms with E-state index in [0.29, 0.717) is 54.8 Å². The summed E-state index contributed by atoms with van der Waals surface area (Å²) in [6, 6.07) is 9.89. The van der Waals surface area contributed by atoms with Gasteiger partial charge in [0.2, 0.25) is 5.91 Å². The summed E-state index contributed by atoms with van der Waals surface area (Å²) in [6.07, 6.45) is 4.72. The lowest BCUT2D eigenvalue weighted by Crippen LogP contribution is -2.50. The number of halogens is 3. The number of hydrogen-bond acceptors (Lipinski definition) is 10. The van der Waals surface area contributed by atoms with Crippen LogP contribution >= 0.6 is 0 Å². The fourth-order valence-electron chi connectivity index (χ4n) is 7.37. The van der Waals surface area contributed by atoms with Gasteiger partial charge in [-0.1, -0.05) is 17.9 Å². The number of carbonyl (C=O) groups is 3. The minimum absolute atomic E-state index is 0.179. The Hall–Kier alpha value is -5.87. The number of benzene rings is 1. The van der Waals surface area contributed by atoms with E-state index in [1.54, 1.807) is 42.8 Å². The van der Waals surface area contributed by atoms with Crippen molar-refractivity contribution < 1.29 is 42.1 Å². The molecule has 18 heteroatoms. The average Bonchev–Trinajstić information content (AvgIpc) is 3.83. The van der Waals surface area contributed by atoms with Crippen molar-refractivity contribution in [1.82, 2.24) is 34.8 Å². The average molecular weight is 830 g/mol. The summed E-state index contributed by atoms with van der Waals surface area (Å²) in [6.45, 7) is 6.67. The van der Waals surface area contributed by atoms with Crippen LogP contribution in [0.2, 0.25) is 0 Å². The first-order chi connectivity index (χ1) is 28.7. The maximum Gasteiger partial charge on any atom is 0.433 e. The molecule has 0 atom stereocenters. The third-order valence-electron chi connectivity index (χ3n) is 10.5. The molecule has 1 aliphatic carbocycles. The largest absolute Gasteiger partial charge is 0.433 e. The molecule has 0 bridgehead atoms. The zero-order valence-electron chi connectivity index (χ0n) is 33.2. The van der Waals surface area contributed by atoms with Gasteiger partial charge in [-0.25, -0.2) is 14.8 Å². The quantitative estimate of drug-likeness (QED) is 0.0834. The van der Waals surface area contributed by atoms with E-state index in [1.165, 1.54) is 11.0 Å². The predicted molar refractivity (Wildman–Crippen MR) is 215 cm³/mol. The van der Waals surface area contributed by atoms with Crippen LogP contribution in [-0.4, -0.2) is 93.2 Å².